The summed E-state index contributed by atoms with van der Waals surface area (Å²) < 4.78 is 0.278. The van der Waals surface area contributed by atoms with Crippen molar-refractivity contribution in [2.45, 2.75) is 26.7 Å². The zero-order chi connectivity index (χ0) is 12.1. The normalized spacial score (nSPS) is 6.60. The van der Waals surface area contributed by atoms with E-state index in [1.165, 1.54) is 0 Å². The van der Waals surface area contributed by atoms with Gasteiger partial charge in [-0.2, -0.15) is 12.6 Å². The molecule has 4 nitrogen and oxygen atoms in total. The Morgan fingerprint density at radius 2 is 1.27 bits per heavy atom. The van der Waals surface area contributed by atoms with Gasteiger partial charge in [0.25, 0.3) is 0 Å². The van der Waals surface area contributed by atoms with Crippen LogP contribution in [0.25, 0.3) is 0 Å². The van der Waals surface area contributed by atoms with Crippen LogP contribution in [0.3, 0.4) is 0 Å². The quantitative estimate of drug-likeness (QED) is 0.253. The third kappa shape index (κ3) is 110. The number of aliphatic carboxylic acids is 2. The minimum Gasteiger partial charge on any atom is -0.481 e. The Morgan fingerprint density at radius 1 is 1.20 bits per heavy atom. The van der Waals surface area contributed by atoms with E-state index in [-0.39, 0.29) is 45.9 Å². The number of hydrogen-bond donors (Lipinski definition) is 3. The molecule has 0 saturated heterocycles. The second kappa shape index (κ2) is 20.1. The first-order chi connectivity index (χ1) is 6.27. The van der Waals surface area contributed by atoms with E-state index in [4.69, 9.17) is 10.2 Å². The van der Waals surface area contributed by atoms with Gasteiger partial charge in [0.1, 0.15) is 0 Å². The largest absolute Gasteiger partial charge is 1.00 e. The van der Waals surface area contributed by atoms with Crippen LogP contribution in [0.4, 0.5) is 0 Å². The maximum absolute atomic E-state index is 9.37. The van der Waals surface area contributed by atoms with Gasteiger partial charge in [-0.3, -0.25) is 9.59 Å². The van der Waals surface area contributed by atoms with E-state index in [2.05, 4.69) is 37.5 Å². The molecule has 2 N–H and O–H groups in total. The second-order valence-electron chi connectivity index (χ2n) is 1.76. The summed E-state index contributed by atoms with van der Waals surface area (Å²) in [7, 11) is 0. The minimum absolute atomic E-state index is 0. The van der Waals surface area contributed by atoms with Crippen LogP contribution in [-0.2, 0) is 22.2 Å². The fraction of sp³-hybridized carbons (Fsp3) is 0.571. The van der Waals surface area contributed by atoms with Crippen LogP contribution >= 0.6 is 24.8 Å². The van der Waals surface area contributed by atoms with Crippen molar-refractivity contribution in [2.24, 2.45) is 0 Å². The number of carbonyl (C=O) groups is 2. The average Bonchev–Trinajstić information content (AvgIpc) is 2.04. The monoisotopic (exact) mass is 280 g/mol. The Kier molecular flexibility index (Phi) is 33.1. The van der Waals surface area contributed by atoms with E-state index >= 15 is 0 Å². The smallest absolute Gasteiger partial charge is 0.481 e. The Hall–Kier alpha value is 0.600. The molecular formula is C7H13NaO4S3. The summed E-state index contributed by atoms with van der Waals surface area (Å²) in [5.41, 5.74) is 0. The van der Waals surface area contributed by atoms with Gasteiger partial charge in [-0.15, -0.1) is 0 Å². The number of carboxylic acids is 2. The molecule has 0 aliphatic heterocycles. The van der Waals surface area contributed by atoms with Gasteiger partial charge < -0.3 is 35.1 Å². The maximum Gasteiger partial charge on any atom is 1.00 e. The molecule has 0 aromatic rings. The fourth-order valence-electron chi connectivity index (χ4n) is 0. The van der Waals surface area contributed by atoms with Crippen LogP contribution in [0, 0.1) is 0 Å². The number of thiol groups is 1. The van der Waals surface area contributed by atoms with E-state index in [1.807, 2.05) is 0 Å². The molecule has 0 saturated carbocycles. The summed E-state index contributed by atoms with van der Waals surface area (Å²) in [5, 5.41) is 15.4. The van der Waals surface area contributed by atoms with E-state index in [0.717, 1.165) is 0 Å². The fourth-order valence-corrected chi connectivity index (χ4v) is 0. The first kappa shape index (κ1) is 24.7. The molecule has 15 heavy (non-hydrogen) atoms. The van der Waals surface area contributed by atoms with Gasteiger partial charge >= 0.3 is 41.5 Å². The molecule has 0 atom stereocenters. The molecule has 0 aliphatic carbocycles. The molecule has 0 heterocycles. The zero-order valence-electron chi connectivity index (χ0n) is 8.89. The predicted molar refractivity (Wildman–Crippen MR) is 64.8 cm³/mol. The van der Waals surface area contributed by atoms with Crippen molar-refractivity contribution >= 4 is 52.9 Å². The average molecular weight is 280 g/mol. The number of rotatable bonds is 2. The van der Waals surface area contributed by atoms with Crippen molar-refractivity contribution in [1.82, 2.24) is 0 Å². The first-order valence-corrected chi connectivity index (χ1v) is 4.87. The Labute approximate surface area is 128 Å². The SMILES string of the molecule is CCC(=O)O.CCC(=O)O.S=C([S-])S.[Na+]. The van der Waals surface area contributed by atoms with Gasteiger partial charge in [-0.1, -0.05) is 17.4 Å². The molecule has 0 rings (SSSR count). The Bertz CT molecular complexity index is 169. The molecule has 0 spiro atoms. The summed E-state index contributed by atoms with van der Waals surface area (Å²) in [4.78, 5) is 18.7. The number of thiocarbonyl (C=S) groups is 1. The molecule has 8 heteroatoms. The van der Waals surface area contributed by atoms with Gasteiger partial charge in [0.05, 0.1) is 0 Å². The van der Waals surface area contributed by atoms with Gasteiger partial charge in [-0.25, -0.2) is 0 Å². The van der Waals surface area contributed by atoms with E-state index in [0.29, 0.717) is 0 Å². The molecule has 84 valence electrons. The number of carboxylic acid groups (broad SMARTS) is 2. The van der Waals surface area contributed by atoms with E-state index < -0.39 is 11.9 Å². The topological polar surface area (TPSA) is 74.6 Å². The van der Waals surface area contributed by atoms with Crippen LogP contribution in [0.2, 0.25) is 0 Å². The van der Waals surface area contributed by atoms with E-state index in [9.17, 15) is 9.59 Å². The van der Waals surface area contributed by atoms with Crippen LogP contribution < -0.4 is 29.6 Å². The molecule has 0 fully saturated rings. The molecule has 0 aliphatic rings. The third-order valence-electron chi connectivity index (χ3n) is 0.605. The van der Waals surface area contributed by atoms with Crippen molar-refractivity contribution < 1.29 is 49.4 Å². The van der Waals surface area contributed by atoms with Crippen LogP contribution in [0.15, 0.2) is 0 Å². The summed E-state index contributed by atoms with van der Waals surface area (Å²) in [6, 6.07) is 0. The first-order valence-electron chi connectivity index (χ1n) is 3.61. The summed E-state index contributed by atoms with van der Waals surface area (Å²) in [5.74, 6) is -1.49. The summed E-state index contributed by atoms with van der Waals surface area (Å²) >= 11 is 11.9. The molecule has 0 amide bonds. The molecule has 0 aromatic heterocycles. The molecular weight excluding hydrogens is 267 g/mol. The molecule has 0 radical (unpaired) electrons. The van der Waals surface area contributed by atoms with Crippen LogP contribution in [-0.4, -0.2) is 25.7 Å². The Morgan fingerprint density at radius 3 is 1.27 bits per heavy atom. The summed E-state index contributed by atoms with van der Waals surface area (Å²) in [6.07, 6.45) is 0.444. The van der Waals surface area contributed by atoms with Gasteiger partial charge in [0.2, 0.25) is 0 Å². The third-order valence-corrected chi connectivity index (χ3v) is 0.605. The minimum atomic E-state index is -0.745. The van der Waals surface area contributed by atoms with Gasteiger partial charge in [-0.05, 0) is 0 Å². The van der Waals surface area contributed by atoms with E-state index in [1.54, 1.807) is 13.8 Å². The molecule has 0 unspecified atom stereocenters. The van der Waals surface area contributed by atoms with Gasteiger partial charge in [0.15, 0.2) is 0 Å². The van der Waals surface area contributed by atoms with Crippen molar-refractivity contribution in [1.29, 1.82) is 0 Å². The molecule has 0 bridgehead atoms. The Balaban J connectivity index is -0.0000000590. The summed E-state index contributed by atoms with van der Waals surface area (Å²) in [6.45, 7) is 3.20. The van der Waals surface area contributed by atoms with Gasteiger partial charge in [0, 0.05) is 12.8 Å². The predicted octanol–water partition coefficient (Wildman–Crippen LogP) is -1.29. The maximum atomic E-state index is 9.37. The van der Waals surface area contributed by atoms with Crippen molar-refractivity contribution in [3.8, 4) is 0 Å². The van der Waals surface area contributed by atoms with Crippen molar-refractivity contribution in [3.63, 3.8) is 0 Å². The second-order valence-corrected chi connectivity index (χ2v) is 3.89. The molecule has 0 aromatic carbocycles. The van der Waals surface area contributed by atoms with Crippen LogP contribution in [0.1, 0.15) is 26.7 Å². The number of hydrogen-bond acceptors (Lipinski definition) is 4. The standard InChI is InChI=1S/2C3H6O2.CH2S3.Na/c2*1-2-3(4)5;2-1(3)4;/h2*2H2,1H3,(H,4,5);(H2,2,3,4);/q;;;+1/p-1. The van der Waals surface area contributed by atoms with Crippen molar-refractivity contribution in [2.75, 3.05) is 0 Å². The van der Waals surface area contributed by atoms with Crippen molar-refractivity contribution in [3.05, 3.63) is 0 Å². The van der Waals surface area contributed by atoms with Crippen LogP contribution in [0.5, 0.6) is 0 Å². The zero-order valence-corrected chi connectivity index (χ0v) is 13.4.